The predicted molar refractivity (Wildman–Crippen MR) is 415 cm³/mol. The Morgan fingerprint density at radius 1 is 0.806 bits per heavy atom. The molecule has 1 aromatic heterocycles. The second kappa shape index (κ2) is 38.2. The molecule has 1 aliphatic carbocycles. The number of hydrogen-bond acceptors (Lipinski definition) is 18. The van der Waals surface area contributed by atoms with Gasteiger partial charge in [0.25, 0.3) is 23.5 Å². The molecule has 108 heavy (non-hydrogen) atoms. The standard InChI is InChI=1S/C51H79NO13.C32H34Cl2N4O4S/c1-30-16-12-11-13-17-31(2)42(61-8)28-38-21-19-36(7)51(60,65-38)48(57)49(58)52-23-15-14-18-39(52)50(59)64-43(33(4)26-37-20-22-40(53)44(27-37)62-9)29-41(54)32(3)25-35(6)46(56)47(63-10)45(55)34(5)24-30;1-19-29(35-20(2)30(19)32(40)38-14-6-7-21(38)17-37-12-3-4-13-37)16-24-23-15-22(10-11-28(23)36-31(24)39)43(41,42)18-25-26(33)8-5-9-27(25)34/h11-13,16-17,25,30,32-34,36-40,42-44,46-47,53,56,60H,14-15,18-24,26-29H2,1-10H3;5,8-11,15-16,21,35H,3-4,6-7,12-14,17-18H2,1-2H3,(H,36,39)/b13-11+,16-12+,31-17+,35-25+;24-16-/t30-,32-,33-,34-,36-,37+,38+,39+,40-,42+,43+,44-,46-,47+,51-;21-/m11/s1. The minimum absolute atomic E-state index is 0.0143. The number of hydrogen-bond donors (Lipinski definition) is 5. The number of aliphatic hydroxyl groups is 3. The number of methoxy groups -OCH3 is 3. The van der Waals surface area contributed by atoms with Crippen molar-refractivity contribution >= 4 is 91.4 Å². The molecule has 3 aromatic rings. The number of ketones is 3. The maximum Gasteiger partial charge on any atom is 0.329 e. The molecule has 10 rings (SSSR count). The molecule has 7 aliphatic rings. The van der Waals surface area contributed by atoms with Gasteiger partial charge in [-0.05, 0) is 202 Å². The zero-order chi connectivity index (χ0) is 78.6. The Bertz CT molecular complexity index is 4010. The SMILES string of the molecule is CO[C@H]1C[C@@H]2CC[C@@H](C)[C@@](O)(O2)C(=O)C(=O)N2CCCC[C@H]2C(=O)O[C@H]([C@H](C)C[C@@H]2CC[C@@H](O)[C@H](OC)C2)CC(=O)[C@H](C)/C=C(\C)[C@@H](O)[C@@H](OC)C(=O)[C@H](C)C[C@H](C)/C=C/C=C/C=C/1C.Cc1[nH]c(/C=C2\C(=O)Nc3ccc(S(=O)(=O)Cc4c(Cl)cccc4Cl)cc32)c(C)c1C(=O)N1CCC[C@@H]1CN1CCCC1. The highest BCUT2D eigenvalue weighted by molar-refractivity contribution is 7.90. The van der Waals surface area contributed by atoms with Gasteiger partial charge in [-0.25, -0.2) is 13.2 Å². The van der Waals surface area contributed by atoms with Crippen LogP contribution in [0.15, 0.2) is 88.9 Å². The van der Waals surface area contributed by atoms with Gasteiger partial charge < -0.3 is 64.0 Å². The highest BCUT2D eigenvalue weighted by atomic mass is 35.5. The Labute approximate surface area is 647 Å². The third-order valence-electron chi connectivity index (χ3n) is 23.3. The van der Waals surface area contributed by atoms with Crippen LogP contribution in [0.25, 0.3) is 11.6 Å². The van der Waals surface area contributed by atoms with Crippen LogP contribution in [-0.4, -0.2) is 199 Å². The first-order chi connectivity index (χ1) is 51.3. The molecule has 592 valence electrons. The van der Waals surface area contributed by atoms with Crippen LogP contribution in [0.2, 0.25) is 10.0 Å². The van der Waals surface area contributed by atoms with Crippen molar-refractivity contribution in [3.63, 3.8) is 0 Å². The number of rotatable bonds is 13. The number of fused-ring (bicyclic) bond motifs is 4. The topological polar surface area (TPSA) is 298 Å². The molecule has 0 spiro atoms. The normalized spacial score (nSPS) is 32.2. The number of likely N-dealkylation sites (tertiary alicyclic amines) is 2. The van der Waals surface area contributed by atoms with Gasteiger partial charge in [0.05, 0.1) is 46.2 Å². The van der Waals surface area contributed by atoms with Crippen molar-refractivity contribution in [3.05, 3.63) is 128 Å². The number of amides is 3. The largest absolute Gasteiger partial charge is 0.460 e. The minimum Gasteiger partial charge on any atom is -0.460 e. The third kappa shape index (κ3) is 20.6. The van der Waals surface area contributed by atoms with Crippen molar-refractivity contribution in [3.8, 4) is 0 Å². The van der Waals surface area contributed by atoms with E-state index in [1.807, 2.05) is 76.8 Å². The molecule has 4 saturated heterocycles. The summed E-state index contributed by atoms with van der Waals surface area (Å²) in [6.45, 7) is 20.3. The van der Waals surface area contributed by atoms with Gasteiger partial charge in [-0.1, -0.05) is 100 Å². The number of allylic oxidation sites excluding steroid dienone is 6. The van der Waals surface area contributed by atoms with Gasteiger partial charge in [0.2, 0.25) is 5.79 Å². The number of cyclic esters (lactones) is 1. The fourth-order valence-corrected chi connectivity index (χ4v) is 18.8. The number of Topliss-reactive ketones (excluding diaryl/α,β-unsaturated/α-hetero) is 3. The Hall–Kier alpha value is -6.48. The van der Waals surface area contributed by atoms with Crippen molar-refractivity contribution in [1.29, 1.82) is 0 Å². The van der Waals surface area contributed by atoms with E-state index >= 15 is 0 Å². The van der Waals surface area contributed by atoms with Gasteiger partial charge in [0, 0.05) is 116 Å². The molecule has 6 aliphatic heterocycles. The lowest BCUT2D eigenvalue weighted by Gasteiger charge is -2.42. The van der Waals surface area contributed by atoms with Crippen LogP contribution in [0.1, 0.15) is 190 Å². The van der Waals surface area contributed by atoms with Crippen LogP contribution in [0.3, 0.4) is 0 Å². The number of nitrogens with one attached hydrogen (secondary N) is 2. The quantitative estimate of drug-likeness (QED) is 0.0460. The highest BCUT2D eigenvalue weighted by Gasteiger charge is 2.53. The summed E-state index contributed by atoms with van der Waals surface area (Å²) in [4.78, 5) is 107. The van der Waals surface area contributed by atoms with Gasteiger partial charge in [-0.2, -0.15) is 0 Å². The minimum atomic E-state index is -3.84. The van der Waals surface area contributed by atoms with Gasteiger partial charge in [0.15, 0.2) is 15.6 Å². The monoisotopic (exact) mass is 1550 g/mol. The van der Waals surface area contributed by atoms with Crippen LogP contribution in [0.5, 0.6) is 0 Å². The first-order valence-corrected chi connectivity index (χ1v) is 40.9. The Morgan fingerprint density at radius 2 is 1.52 bits per heavy atom. The van der Waals surface area contributed by atoms with E-state index in [4.69, 9.17) is 46.9 Å². The number of anilines is 1. The number of halogens is 2. The summed E-state index contributed by atoms with van der Waals surface area (Å²) in [6, 6.07) is 8.48. The summed E-state index contributed by atoms with van der Waals surface area (Å²) in [5.41, 5.74) is 5.68. The third-order valence-corrected chi connectivity index (χ3v) is 25.6. The number of aromatic amines is 1. The maximum absolute atomic E-state index is 14.4. The predicted octanol–water partition coefficient (Wildman–Crippen LogP) is 12.3. The number of sulfone groups is 1. The number of nitrogens with zero attached hydrogens (tertiary/aromatic N) is 3. The van der Waals surface area contributed by atoms with Crippen molar-refractivity contribution in [2.45, 2.75) is 236 Å². The summed E-state index contributed by atoms with van der Waals surface area (Å²) in [5, 5.41) is 37.2. The van der Waals surface area contributed by atoms with E-state index in [0.29, 0.717) is 97.0 Å². The molecule has 5 N–H and O–H groups in total. The molecule has 16 atom stereocenters. The molecule has 22 nitrogen and oxygen atoms in total. The number of esters is 1. The smallest absolute Gasteiger partial charge is 0.329 e. The molecule has 7 heterocycles. The number of piperidine rings is 1. The van der Waals surface area contributed by atoms with Gasteiger partial charge >= 0.3 is 5.97 Å². The molecule has 0 unspecified atom stereocenters. The van der Waals surface area contributed by atoms with Crippen molar-refractivity contribution in [2.24, 2.45) is 35.5 Å². The second-order valence-corrected chi connectivity index (χ2v) is 34.0. The lowest BCUT2D eigenvalue weighted by molar-refractivity contribution is -0.265. The van der Waals surface area contributed by atoms with E-state index in [1.54, 1.807) is 71.4 Å². The van der Waals surface area contributed by atoms with Crippen LogP contribution in [0, 0.1) is 49.4 Å². The fourth-order valence-electron chi connectivity index (χ4n) is 16.6. The van der Waals surface area contributed by atoms with E-state index < -0.39 is 93.7 Å². The Morgan fingerprint density at radius 3 is 2.21 bits per heavy atom. The van der Waals surface area contributed by atoms with Crippen LogP contribution < -0.4 is 5.32 Å². The van der Waals surface area contributed by atoms with Crippen molar-refractivity contribution < 1.29 is 81.0 Å². The molecule has 2 bridgehead atoms. The van der Waals surface area contributed by atoms with Crippen LogP contribution >= 0.6 is 23.2 Å². The fraction of sp³-hybridized carbons (Fsp3) is 0.602. The lowest BCUT2D eigenvalue weighted by atomic mass is 9.78. The van der Waals surface area contributed by atoms with E-state index in [2.05, 4.69) is 15.2 Å². The first-order valence-electron chi connectivity index (χ1n) is 38.5. The lowest BCUT2D eigenvalue weighted by Crippen LogP contribution is -2.61. The van der Waals surface area contributed by atoms with E-state index in [1.165, 1.54) is 37.0 Å². The van der Waals surface area contributed by atoms with Crippen molar-refractivity contribution in [1.82, 2.24) is 19.7 Å². The number of H-pyrrole nitrogens is 1. The number of carbonyl (C=O) groups is 7. The average Bonchev–Trinajstić information content (AvgIpc) is 1.71. The summed E-state index contributed by atoms with van der Waals surface area (Å²) in [5.74, 6) is -8.66. The molecule has 5 fully saturated rings. The van der Waals surface area contributed by atoms with Gasteiger partial charge in [0.1, 0.15) is 30.1 Å². The molecule has 25 heteroatoms. The summed E-state index contributed by atoms with van der Waals surface area (Å²) in [7, 11) is 0.684. The molecule has 3 amide bonds. The molecule has 1 saturated carbocycles. The highest BCUT2D eigenvalue weighted by Crippen LogP contribution is 2.41. The Balaban J connectivity index is 0.000000269. The maximum atomic E-state index is 14.4. The number of aliphatic hydroxyl groups excluding tert-OH is 2. The van der Waals surface area contributed by atoms with Crippen molar-refractivity contribution in [2.75, 3.05) is 59.4 Å². The number of aryl methyl sites for hydroxylation is 1. The van der Waals surface area contributed by atoms with Crippen LogP contribution in [-0.2, 0) is 68.0 Å². The second-order valence-electron chi connectivity index (χ2n) is 31.2. The number of benzene rings is 2. The number of ether oxygens (including phenoxy) is 5. The number of carbonyl (C=O) groups excluding carboxylic acids is 7. The van der Waals surface area contributed by atoms with Gasteiger partial charge in [-0.15, -0.1) is 0 Å². The summed E-state index contributed by atoms with van der Waals surface area (Å²) < 4.78 is 56.2. The summed E-state index contributed by atoms with van der Waals surface area (Å²) >= 11 is 12.5. The molecular weight excluding hydrogens is 1440 g/mol. The zero-order valence-corrected chi connectivity index (χ0v) is 67.1. The molecule has 0 radical (unpaired) electrons. The molecular formula is C83H113Cl2N5O17S. The van der Waals surface area contributed by atoms with E-state index in [9.17, 15) is 57.3 Å². The zero-order valence-electron chi connectivity index (χ0n) is 64.8. The van der Waals surface area contributed by atoms with E-state index in [0.717, 1.165) is 62.3 Å². The van der Waals surface area contributed by atoms with Gasteiger partial charge in [-0.3, -0.25) is 28.8 Å². The van der Waals surface area contributed by atoms with Crippen LogP contribution in [0.4, 0.5) is 5.69 Å². The Kier molecular flexibility index (Phi) is 30.2. The summed E-state index contributed by atoms with van der Waals surface area (Å²) in [6.07, 6.45) is 17.3. The molecule has 2 aromatic carbocycles. The average molecular weight is 1560 g/mol. The number of aromatic nitrogens is 1. The van der Waals surface area contributed by atoms with E-state index in [-0.39, 0.29) is 93.4 Å². The first kappa shape index (κ1) is 85.5.